The molecular weight excluding hydrogens is 717 g/mol. The smallest absolute Gasteiger partial charge is 0.410 e. The number of ether oxygens (including phenoxy) is 2. The molecule has 1 atom stereocenters. The molecular formula is C41H48N8O5S. The normalized spacial score (nSPS) is 20.2. The van der Waals surface area contributed by atoms with Crippen molar-refractivity contribution in [3.63, 3.8) is 0 Å². The van der Waals surface area contributed by atoms with E-state index in [9.17, 15) is 18.5 Å². The minimum atomic E-state index is -3.46. The fourth-order valence-corrected chi connectivity index (χ4v) is 8.87. The van der Waals surface area contributed by atoms with E-state index in [1.165, 1.54) is 6.26 Å². The van der Waals surface area contributed by atoms with Crippen molar-refractivity contribution in [1.29, 1.82) is 5.26 Å². The Hall–Kier alpha value is -4.97. The summed E-state index contributed by atoms with van der Waals surface area (Å²) in [6.07, 6.45) is 3.73. The van der Waals surface area contributed by atoms with Gasteiger partial charge in [0.05, 0.1) is 41.2 Å². The molecule has 3 fully saturated rings. The van der Waals surface area contributed by atoms with Crippen LogP contribution in [0, 0.1) is 11.3 Å². The Morgan fingerprint density at radius 2 is 1.71 bits per heavy atom. The second kappa shape index (κ2) is 15.3. The van der Waals surface area contributed by atoms with Crippen LogP contribution in [0.3, 0.4) is 0 Å². The molecule has 14 heteroatoms. The summed E-state index contributed by atoms with van der Waals surface area (Å²) in [4.78, 5) is 34.7. The van der Waals surface area contributed by atoms with Crippen LogP contribution in [-0.4, -0.2) is 123 Å². The Bertz CT molecular complexity index is 2200. The first-order valence-corrected chi connectivity index (χ1v) is 21.0. The van der Waals surface area contributed by atoms with Gasteiger partial charge in [-0.05, 0) is 49.4 Å². The summed E-state index contributed by atoms with van der Waals surface area (Å²) >= 11 is 0. The van der Waals surface area contributed by atoms with Crippen molar-refractivity contribution in [3.05, 3.63) is 83.6 Å². The molecule has 0 N–H and O–H groups in total. The molecule has 1 saturated carbocycles. The highest BCUT2D eigenvalue weighted by Crippen LogP contribution is 2.43. The molecule has 1 aromatic heterocycles. The number of anilines is 2. The zero-order valence-electron chi connectivity index (χ0n) is 31.6. The number of aromatic nitrogens is 2. The predicted molar refractivity (Wildman–Crippen MR) is 210 cm³/mol. The van der Waals surface area contributed by atoms with Gasteiger partial charge in [-0.1, -0.05) is 54.6 Å². The predicted octanol–water partition coefficient (Wildman–Crippen LogP) is 4.50. The maximum absolute atomic E-state index is 13.4. The largest absolute Gasteiger partial charge is 0.461 e. The first-order valence-electron chi connectivity index (χ1n) is 19.1. The van der Waals surface area contributed by atoms with E-state index in [1.54, 1.807) is 17.0 Å². The molecule has 0 radical (unpaired) electrons. The maximum atomic E-state index is 13.4. The number of nitrogens with zero attached hydrogens (tertiary/aromatic N) is 8. The van der Waals surface area contributed by atoms with Crippen LogP contribution in [0.25, 0.3) is 10.8 Å². The van der Waals surface area contributed by atoms with Gasteiger partial charge >= 0.3 is 12.1 Å². The average Bonchev–Trinajstić information content (AvgIpc) is 3.99. The Labute approximate surface area is 323 Å². The van der Waals surface area contributed by atoms with Crippen LogP contribution in [0.1, 0.15) is 36.1 Å². The van der Waals surface area contributed by atoms with E-state index < -0.39 is 22.0 Å². The highest BCUT2D eigenvalue weighted by Gasteiger charge is 2.49. The number of fused-ring (bicyclic) bond motifs is 2. The summed E-state index contributed by atoms with van der Waals surface area (Å²) in [6.45, 7) is 7.07. The van der Waals surface area contributed by atoms with Crippen LogP contribution in [0.4, 0.5) is 16.3 Å². The van der Waals surface area contributed by atoms with E-state index in [1.807, 2.05) is 54.6 Å². The number of rotatable bonds is 10. The molecule has 8 rings (SSSR count). The number of amides is 1. The molecule has 4 aromatic rings. The summed E-state index contributed by atoms with van der Waals surface area (Å²) in [7, 11) is -1.30. The number of nitriles is 1. The van der Waals surface area contributed by atoms with Gasteiger partial charge in [0.2, 0.25) is 0 Å². The van der Waals surface area contributed by atoms with Gasteiger partial charge in [-0.3, -0.25) is 4.90 Å². The zero-order valence-corrected chi connectivity index (χ0v) is 32.4. The number of sulfone groups is 1. The molecule has 4 aliphatic rings. The number of piperazine rings is 2. The summed E-state index contributed by atoms with van der Waals surface area (Å²) in [6, 6.07) is 23.1. The highest BCUT2D eigenvalue weighted by molar-refractivity contribution is 7.90. The standard InChI is InChI=1S/C41H48N8O5S/c1-45-18-21-48(22-19-45)41(14-15-41)29-54-39-43-36-27-46(37-25-33(55(2,51)52)24-31-10-6-7-11-34(31)37)17-13-35(36)38(44-39)47-20-23-49(32(26-47)12-16-42)40(50)53-28-30-8-4-3-5-9-30/h3-11,24-25,32H,12-15,17-23,26-29H2,1-2H3/t32-/m0/s1. The molecule has 1 amide bonds. The van der Waals surface area contributed by atoms with Crippen LogP contribution >= 0.6 is 0 Å². The number of benzene rings is 3. The van der Waals surface area contributed by atoms with Crippen LogP contribution in [0.15, 0.2) is 71.6 Å². The minimum absolute atomic E-state index is 0.0126. The molecule has 0 spiro atoms. The van der Waals surface area contributed by atoms with Crippen LogP contribution < -0.4 is 14.5 Å². The summed E-state index contributed by atoms with van der Waals surface area (Å²) in [5.74, 6) is 0.763. The topological polar surface area (TPSA) is 135 Å². The van der Waals surface area contributed by atoms with Crippen molar-refractivity contribution in [1.82, 2.24) is 24.7 Å². The molecule has 3 aromatic carbocycles. The van der Waals surface area contributed by atoms with Gasteiger partial charge in [0.15, 0.2) is 9.84 Å². The molecule has 288 valence electrons. The van der Waals surface area contributed by atoms with E-state index in [-0.39, 0.29) is 23.5 Å². The number of carbonyl (C=O) groups excluding carboxylic acids is 1. The van der Waals surface area contributed by atoms with Crippen molar-refractivity contribution >= 4 is 38.2 Å². The maximum Gasteiger partial charge on any atom is 0.410 e. The van der Waals surface area contributed by atoms with Gasteiger partial charge in [-0.2, -0.15) is 15.2 Å². The second-order valence-electron chi connectivity index (χ2n) is 15.4. The minimum Gasteiger partial charge on any atom is -0.461 e. The van der Waals surface area contributed by atoms with Crippen molar-refractivity contribution in [2.24, 2.45) is 0 Å². The Morgan fingerprint density at radius 3 is 2.45 bits per heavy atom. The van der Waals surface area contributed by atoms with Gasteiger partial charge in [-0.15, -0.1) is 0 Å². The lowest BCUT2D eigenvalue weighted by Crippen LogP contribution is -2.56. The van der Waals surface area contributed by atoms with Gasteiger partial charge in [0.25, 0.3) is 0 Å². The molecule has 1 aliphatic carbocycles. The summed E-state index contributed by atoms with van der Waals surface area (Å²) in [5, 5.41) is 11.7. The fraction of sp³-hybridized carbons (Fsp3) is 0.463. The van der Waals surface area contributed by atoms with E-state index in [4.69, 9.17) is 19.4 Å². The van der Waals surface area contributed by atoms with Gasteiger partial charge in [-0.25, -0.2) is 13.2 Å². The number of likely N-dealkylation sites (N-methyl/N-ethyl adjacent to an activating group) is 1. The fourth-order valence-electron chi connectivity index (χ4n) is 8.21. The Balaban J connectivity index is 1.09. The highest BCUT2D eigenvalue weighted by atomic mass is 32.2. The lowest BCUT2D eigenvalue weighted by molar-refractivity contribution is 0.0649. The zero-order chi connectivity index (χ0) is 38.2. The third-order valence-corrected chi connectivity index (χ3v) is 12.7. The summed E-state index contributed by atoms with van der Waals surface area (Å²) < 4.78 is 37.8. The number of hydrogen-bond acceptors (Lipinski definition) is 12. The molecule has 4 heterocycles. The Morgan fingerprint density at radius 1 is 0.945 bits per heavy atom. The third kappa shape index (κ3) is 7.92. The lowest BCUT2D eigenvalue weighted by atomic mass is 10.0. The molecule has 55 heavy (non-hydrogen) atoms. The van der Waals surface area contributed by atoms with Crippen molar-refractivity contribution in [2.45, 2.75) is 55.3 Å². The molecule has 0 unspecified atom stereocenters. The third-order valence-electron chi connectivity index (χ3n) is 11.6. The quantitative estimate of drug-likeness (QED) is 0.225. The monoisotopic (exact) mass is 764 g/mol. The summed E-state index contributed by atoms with van der Waals surface area (Å²) in [5.41, 5.74) is 3.56. The van der Waals surface area contributed by atoms with Gasteiger partial charge in [0.1, 0.15) is 19.0 Å². The first kappa shape index (κ1) is 37.0. The van der Waals surface area contributed by atoms with Crippen LogP contribution in [-0.2, 0) is 34.1 Å². The number of carbonyl (C=O) groups is 1. The molecule has 3 aliphatic heterocycles. The average molecular weight is 765 g/mol. The SMILES string of the molecule is CN1CCN(C2(COc3nc4c(c(N5CCN(C(=O)OCc6ccccc6)[C@@H](CC#N)C5)n3)CCN(c3cc(S(C)(=O)=O)cc5ccccc35)C4)CC2)CC1. The van der Waals surface area contributed by atoms with Crippen molar-refractivity contribution in [2.75, 3.05) is 82.1 Å². The molecule has 2 saturated heterocycles. The number of hydrogen-bond donors (Lipinski definition) is 0. The van der Waals surface area contributed by atoms with E-state index in [0.717, 1.165) is 78.1 Å². The van der Waals surface area contributed by atoms with E-state index in [0.29, 0.717) is 51.8 Å². The second-order valence-corrected chi connectivity index (χ2v) is 17.4. The molecule has 0 bridgehead atoms. The van der Waals surface area contributed by atoms with Crippen LogP contribution in [0.2, 0.25) is 0 Å². The van der Waals surface area contributed by atoms with Crippen molar-refractivity contribution < 1.29 is 22.7 Å². The Kier molecular flexibility index (Phi) is 10.3. The van der Waals surface area contributed by atoms with Crippen molar-refractivity contribution in [3.8, 4) is 12.1 Å². The van der Waals surface area contributed by atoms with Gasteiger partial charge < -0.3 is 29.1 Å². The lowest BCUT2D eigenvalue weighted by Gasteiger charge is -2.42. The first-order chi connectivity index (χ1) is 26.6. The van der Waals surface area contributed by atoms with E-state index >= 15 is 0 Å². The van der Waals surface area contributed by atoms with E-state index in [2.05, 4.69) is 32.7 Å². The molecule has 13 nitrogen and oxygen atoms in total. The van der Waals surface area contributed by atoms with Gasteiger partial charge in [0, 0.05) is 75.3 Å². The van der Waals surface area contributed by atoms with Crippen LogP contribution in [0.5, 0.6) is 6.01 Å².